The maximum atomic E-state index is 12.7. The molecule has 1 aromatic carbocycles. The van der Waals surface area contributed by atoms with Crippen LogP contribution in [0.1, 0.15) is 30.1 Å². The highest BCUT2D eigenvalue weighted by Crippen LogP contribution is 2.81. The molecule has 1 aromatic rings. The third-order valence-corrected chi connectivity index (χ3v) is 8.57. The quantitative estimate of drug-likeness (QED) is 0.306. The van der Waals surface area contributed by atoms with Crippen LogP contribution in [0.4, 0.5) is 0 Å². The summed E-state index contributed by atoms with van der Waals surface area (Å²) < 4.78 is 29.7. The standard InChI is InChI=1S/C23H28O11/c1-20-9-22(29)13-7-23(20,32-18-16(27)15(26)14(25)12(8-24)31-18)21(13,19(33-20)34-22)10-30-17(28)11-5-3-2-4-6-11/h2-6,12-16,18-19,24-27,29H,7-10H2,1H3/t12-,13+,14+,15+,16-,18-,19+,20-,21-,22+,23-/m0/s1. The van der Waals surface area contributed by atoms with Crippen LogP contribution in [0, 0.1) is 11.3 Å². The Bertz CT molecular complexity index is 988. The molecule has 0 radical (unpaired) electrons. The van der Waals surface area contributed by atoms with E-state index in [0.29, 0.717) is 5.56 Å². The van der Waals surface area contributed by atoms with Crippen LogP contribution in [0.15, 0.2) is 30.3 Å². The summed E-state index contributed by atoms with van der Waals surface area (Å²) in [6.45, 7) is 0.985. The zero-order chi connectivity index (χ0) is 24.1. The summed E-state index contributed by atoms with van der Waals surface area (Å²) in [5, 5.41) is 51.7. The van der Waals surface area contributed by atoms with Gasteiger partial charge in [0, 0.05) is 12.3 Å². The summed E-state index contributed by atoms with van der Waals surface area (Å²) in [7, 11) is 0. The topological polar surface area (TPSA) is 164 Å². The van der Waals surface area contributed by atoms with Crippen molar-refractivity contribution in [2.45, 2.75) is 73.8 Å². The zero-order valence-corrected chi connectivity index (χ0v) is 18.4. The molecule has 6 bridgehead atoms. The van der Waals surface area contributed by atoms with Gasteiger partial charge >= 0.3 is 5.97 Å². The molecule has 4 saturated heterocycles. The molecular weight excluding hydrogens is 452 g/mol. The molecule has 0 aromatic heterocycles. The number of hydrogen-bond donors (Lipinski definition) is 5. The van der Waals surface area contributed by atoms with Gasteiger partial charge in [-0.3, -0.25) is 0 Å². The van der Waals surface area contributed by atoms with Crippen LogP contribution < -0.4 is 0 Å². The lowest BCUT2D eigenvalue weighted by Gasteiger charge is -2.67. The summed E-state index contributed by atoms with van der Waals surface area (Å²) in [5.41, 5.74) is -2.99. The normalized spacial score (nSPS) is 52.5. The lowest BCUT2D eigenvalue weighted by atomic mass is 9.41. The first-order chi connectivity index (χ1) is 16.1. The van der Waals surface area contributed by atoms with Gasteiger partial charge < -0.3 is 49.2 Å². The molecule has 11 heteroatoms. The molecule has 7 aliphatic rings. The average Bonchev–Trinajstić information content (AvgIpc) is 3.00. The molecular formula is C23H28O11. The number of carbonyl (C=O) groups is 1. The van der Waals surface area contributed by atoms with Gasteiger partial charge in [-0.25, -0.2) is 4.79 Å². The second-order valence-corrected chi connectivity index (χ2v) is 10.2. The zero-order valence-electron chi connectivity index (χ0n) is 18.4. The van der Waals surface area contributed by atoms with Crippen molar-refractivity contribution in [3.05, 3.63) is 35.9 Å². The summed E-state index contributed by atoms with van der Waals surface area (Å²) in [4.78, 5) is 12.7. The molecule has 7 fully saturated rings. The van der Waals surface area contributed by atoms with E-state index in [1.807, 2.05) is 0 Å². The Hall–Kier alpha value is -1.67. The fraction of sp³-hybridized carbons (Fsp3) is 0.696. The van der Waals surface area contributed by atoms with E-state index in [-0.39, 0.29) is 19.4 Å². The number of aliphatic hydroxyl groups excluding tert-OH is 4. The van der Waals surface area contributed by atoms with E-state index in [0.717, 1.165) is 0 Å². The van der Waals surface area contributed by atoms with Crippen LogP contribution in [0.2, 0.25) is 0 Å². The van der Waals surface area contributed by atoms with E-state index < -0.39 is 77.9 Å². The van der Waals surface area contributed by atoms with Crippen molar-refractivity contribution in [3.63, 3.8) is 0 Å². The Morgan fingerprint density at radius 2 is 1.85 bits per heavy atom. The van der Waals surface area contributed by atoms with Gasteiger partial charge in [0.25, 0.3) is 0 Å². The Balaban J connectivity index is 1.32. The lowest BCUT2D eigenvalue weighted by Crippen LogP contribution is -2.80. The van der Waals surface area contributed by atoms with Crippen molar-refractivity contribution < 1.29 is 54.0 Å². The predicted molar refractivity (Wildman–Crippen MR) is 109 cm³/mol. The molecule has 186 valence electrons. The van der Waals surface area contributed by atoms with Crippen molar-refractivity contribution in [2.75, 3.05) is 13.2 Å². The van der Waals surface area contributed by atoms with Gasteiger partial charge in [0.1, 0.15) is 42.2 Å². The number of hydrogen-bond acceptors (Lipinski definition) is 11. The number of carbonyl (C=O) groups excluding carboxylic acids is 1. The second kappa shape index (κ2) is 7.19. The summed E-state index contributed by atoms with van der Waals surface area (Å²) >= 11 is 0. The third-order valence-electron chi connectivity index (χ3n) is 8.57. The number of benzene rings is 1. The Labute approximate surface area is 194 Å². The van der Waals surface area contributed by atoms with Crippen LogP contribution in [0.25, 0.3) is 0 Å². The van der Waals surface area contributed by atoms with Gasteiger partial charge in [0.15, 0.2) is 18.4 Å². The van der Waals surface area contributed by atoms with Gasteiger partial charge in [-0.15, -0.1) is 0 Å². The minimum atomic E-state index is -1.61. The van der Waals surface area contributed by atoms with Gasteiger partial charge in [0.2, 0.25) is 0 Å². The molecule has 0 unspecified atom stereocenters. The summed E-state index contributed by atoms with van der Waals surface area (Å²) in [5.74, 6) is -2.49. The van der Waals surface area contributed by atoms with Gasteiger partial charge in [-0.2, -0.15) is 0 Å². The Kier molecular flexibility index (Phi) is 4.81. The van der Waals surface area contributed by atoms with Crippen molar-refractivity contribution >= 4 is 5.97 Å². The van der Waals surface area contributed by atoms with Crippen molar-refractivity contribution in [1.29, 1.82) is 0 Å². The van der Waals surface area contributed by atoms with Crippen LogP contribution >= 0.6 is 0 Å². The lowest BCUT2D eigenvalue weighted by molar-refractivity contribution is -0.424. The maximum absolute atomic E-state index is 12.7. The first-order valence-corrected chi connectivity index (χ1v) is 11.4. The first-order valence-electron chi connectivity index (χ1n) is 11.4. The first kappa shape index (κ1) is 22.8. The molecule has 0 amide bonds. The van der Waals surface area contributed by atoms with E-state index in [1.165, 1.54) is 0 Å². The fourth-order valence-corrected chi connectivity index (χ4v) is 6.87. The molecule has 4 aliphatic heterocycles. The number of esters is 1. The summed E-state index contributed by atoms with van der Waals surface area (Å²) in [6.07, 6.45) is -7.87. The van der Waals surface area contributed by atoms with E-state index in [4.69, 9.17) is 23.7 Å². The minimum absolute atomic E-state index is 0.0902. The predicted octanol–water partition coefficient (Wildman–Crippen LogP) is -1.36. The highest BCUT2D eigenvalue weighted by Gasteiger charge is 2.94. The SMILES string of the molecule is C[C@@]12C[C@@]3(O)O[C@@H](O1)[C@]1(COC(=O)c4ccccc4)[C@H]3C[C@@]12O[C@@H]1O[C@@H](CO)[C@@H](O)[C@@H](O)[C@@H]1O. The largest absolute Gasteiger partial charge is 0.461 e. The van der Waals surface area contributed by atoms with Crippen LogP contribution in [-0.4, -0.2) is 98.7 Å². The maximum Gasteiger partial charge on any atom is 0.338 e. The molecule has 11 nitrogen and oxygen atoms in total. The van der Waals surface area contributed by atoms with Crippen LogP contribution in [-0.2, 0) is 23.7 Å². The molecule has 34 heavy (non-hydrogen) atoms. The van der Waals surface area contributed by atoms with Crippen molar-refractivity contribution in [1.82, 2.24) is 0 Å². The molecule has 0 spiro atoms. The van der Waals surface area contributed by atoms with Crippen molar-refractivity contribution in [3.8, 4) is 0 Å². The van der Waals surface area contributed by atoms with Crippen molar-refractivity contribution in [2.24, 2.45) is 11.3 Å². The molecule has 11 atom stereocenters. The second-order valence-electron chi connectivity index (χ2n) is 10.2. The molecule has 8 rings (SSSR count). The number of aliphatic hydroxyl groups is 5. The van der Waals surface area contributed by atoms with Gasteiger partial charge in [0.05, 0.1) is 17.6 Å². The van der Waals surface area contributed by atoms with E-state index >= 15 is 0 Å². The van der Waals surface area contributed by atoms with Crippen LogP contribution in [0.5, 0.6) is 0 Å². The van der Waals surface area contributed by atoms with Gasteiger partial charge in [-0.1, -0.05) is 18.2 Å². The van der Waals surface area contributed by atoms with Gasteiger partial charge in [-0.05, 0) is 25.5 Å². The Morgan fingerprint density at radius 1 is 1.12 bits per heavy atom. The van der Waals surface area contributed by atoms with E-state index in [1.54, 1.807) is 37.3 Å². The number of ether oxygens (including phenoxy) is 5. The fourth-order valence-electron chi connectivity index (χ4n) is 6.87. The highest BCUT2D eigenvalue weighted by molar-refractivity contribution is 5.89. The Morgan fingerprint density at radius 3 is 2.56 bits per heavy atom. The average molecular weight is 480 g/mol. The highest BCUT2D eigenvalue weighted by atomic mass is 16.8. The summed E-state index contributed by atoms with van der Waals surface area (Å²) in [6, 6.07) is 8.47. The third kappa shape index (κ3) is 2.59. The molecule has 3 aliphatic carbocycles. The smallest absolute Gasteiger partial charge is 0.338 e. The number of rotatable bonds is 6. The molecule has 5 N–H and O–H groups in total. The minimum Gasteiger partial charge on any atom is -0.461 e. The molecule has 4 heterocycles. The van der Waals surface area contributed by atoms with E-state index in [2.05, 4.69) is 0 Å². The monoisotopic (exact) mass is 480 g/mol. The van der Waals surface area contributed by atoms with E-state index in [9.17, 15) is 30.3 Å². The molecule has 3 saturated carbocycles. The van der Waals surface area contributed by atoms with Crippen LogP contribution in [0.3, 0.4) is 0 Å².